The lowest BCUT2D eigenvalue weighted by atomic mass is 10.3. The molecule has 1 saturated carbocycles. The maximum Gasteiger partial charge on any atom is 0.164 e. The van der Waals surface area contributed by atoms with E-state index in [0.29, 0.717) is 0 Å². The predicted octanol–water partition coefficient (Wildman–Crippen LogP) is 5.53. The predicted molar refractivity (Wildman–Crippen MR) is 93.3 cm³/mol. The second-order valence-electron chi connectivity index (χ2n) is 5.08. The minimum Gasteiger partial charge on any atom is -0.454 e. The van der Waals surface area contributed by atoms with Crippen LogP contribution in [0.25, 0.3) is 0 Å². The molecule has 0 saturated heterocycles. The van der Waals surface area contributed by atoms with E-state index in [2.05, 4.69) is 52.2 Å². The van der Waals surface area contributed by atoms with Crippen molar-refractivity contribution in [1.82, 2.24) is 0 Å². The molecule has 106 valence electrons. The van der Waals surface area contributed by atoms with Gasteiger partial charge in [-0.05, 0) is 59.7 Å². The first-order valence-corrected chi connectivity index (χ1v) is 9.01. The van der Waals surface area contributed by atoms with E-state index in [0.717, 1.165) is 21.3 Å². The van der Waals surface area contributed by atoms with E-state index in [1.54, 1.807) is 0 Å². The highest BCUT2D eigenvalue weighted by Crippen LogP contribution is 2.38. The van der Waals surface area contributed by atoms with Crippen molar-refractivity contribution in [2.24, 2.45) is 0 Å². The zero-order valence-corrected chi connectivity index (χ0v) is 14.2. The summed E-state index contributed by atoms with van der Waals surface area (Å²) < 4.78 is 6.53. The summed E-state index contributed by atoms with van der Waals surface area (Å²) in [4.78, 5) is 1.36. The van der Waals surface area contributed by atoms with Crippen molar-refractivity contribution >= 4 is 40.0 Å². The number of para-hydroxylation sites is 1. The Morgan fingerprint density at radius 2 is 1.95 bits per heavy atom. The van der Waals surface area contributed by atoms with Crippen molar-refractivity contribution in [2.45, 2.75) is 42.4 Å². The second kappa shape index (κ2) is 6.89. The molecule has 0 radical (unpaired) electrons. The number of furan rings is 1. The van der Waals surface area contributed by atoms with Gasteiger partial charge in [0.05, 0.1) is 6.54 Å². The maximum atomic E-state index is 5.60. The summed E-state index contributed by atoms with van der Waals surface area (Å²) in [6.07, 6.45) is 5.49. The average molecular weight is 399 g/mol. The Bertz CT molecular complexity index is 563. The highest BCUT2D eigenvalue weighted by Gasteiger charge is 2.17. The number of benzene rings is 1. The van der Waals surface area contributed by atoms with E-state index >= 15 is 0 Å². The summed E-state index contributed by atoms with van der Waals surface area (Å²) in [6, 6.07) is 12.6. The lowest BCUT2D eigenvalue weighted by Crippen LogP contribution is -2.01. The first-order chi connectivity index (χ1) is 9.81. The fourth-order valence-electron chi connectivity index (χ4n) is 2.53. The molecule has 1 heterocycles. The summed E-state index contributed by atoms with van der Waals surface area (Å²) in [6.45, 7) is 0.741. The standard InChI is InChI=1S/C16H18INOS/c17-16-10-9-12(19-16)11-18-14-7-3-4-8-15(14)20-13-5-1-2-6-13/h3-4,7-10,13,18H,1-2,5-6,11H2. The van der Waals surface area contributed by atoms with Gasteiger partial charge in [-0.15, -0.1) is 11.8 Å². The zero-order chi connectivity index (χ0) is 13.8. The molecule has 0 spiro atoms. The Kier molecular flexibility index (Phi) is 4.94. The monoisotopic (exact) mass is 399 g/mol. The molecule has 2 nitrogen and oxygen atoms in total. The second-order valence-corrected chi connectivity index (χ2v) is 7.49. The number of nitrogens with one attached hydrogen (secondary N) is 1. The SMILES string of the molecule is Ic1ccc(CNc2ccccc2SC2CCCC2)o1. The van der Waals surface area contributed by atoms with Crippen LogP contribution in [-0.4, -0.2) is 5.25 Å². The molecule has 0 bridgehead atoms. The van der Waals surface area contributed by atoms with Gasteiger partial charge in [0, 0.05) is 15.8 Å². The molecule has 1 aliphatic carbocycles. The minimum atomic E-state index is 0.741. The van der Waals surface area contributed by atoms with Gasteiger partial charge in [0.15, 0.2) is 3.77 Å². The molecule has 4 heteroatoms. The summed E-state index contributed by atoms with van der Waals surface area (Å²) in [7, 11) is 0. The molecule has 1 fully saturated rings. The molecule has 1 aromatic heterocycles. The van der Waals surface area contributed by atoms with Crippen molar-refractivity contribution in [3.63, 3.8) is 0 Å². The van der Waals surface area contributed by atoms with Crippen LogP contribution in [0.1, 0.15) is 31.4 Å². The third-order valence-electron chi connectivity index (χ3n) is 3.56. The van der Waals surface area contributed by atoms with E-state index in [1.807, 2.05) is 23.9 Å². The molecule has 0 unspecified atom stereocenters. The van der Waals surface area contributed by atoms with Crippen molar-refractivity contribution in [3.05, 3.63) is 45.9 Å². The third-order valence-corrected chi connectivity index (χ3v) is 5.56. The molecule has 3 rings (SSSR count). The topological polar surface area (TPSA) is 25.2 Å². The van der Waals surface area contributed by atoms with Crippen LogP contribution in [0.3, 0.4) is 0 Å². The van der Waals surface area contributed by atoms with Crippen LogP contribution >= 0.6 is 34.4 Å². The molecule has 0 atom stereocenters. The Labute approximate surface area is 137 Å². The third kappa shape index (κ3) is 3.73. The number of anilines is 1. The summed E-state index contributed by atoms with van der Waals surface area (Å²) in [5.41, 5.74) is 1.22. The first kappa shape index (κ1) is 14.3. The fourth-order valence-corrected chi connectivity index (χ4v) is 4.35. The van der Waals surface area contributed by atoms with Crippen LogP contribution < -0.4 is 5.32 Å². The summed E-state index contributed by atoms with van der Waals surface area (Å²) in [5, 5.41) is 4.29. The van der Waals surface area contributed by atoms with Crippen LogP contribution in [0, 0.1) is 3.77 Å². The molecule has 2 aromatic rings. The minimum absolute atomic E-state index is 0.741. The average Bonchev–Trinajstić information content (AvgIpc) is 3.10. The quantitative estimate of drug-likeness (QED) is 0.670. The molecular weight excluding hydrogens is 381 g/mol. The van der Waals surface area contributed by atoms with Gasteiger partial charge in [-0.25, -0.2) is 0 Å². The van der Waals surface area contributed by atoms with Gasteiger partial charge in [0.1, 0.15) is 5.76 Å². The van der Waals surface area contributed by atoms with Crippen LogP contribution in [0.4, 0.5) is 5.69 Å². The van der Waals surface area contributed by atoms with Gasteiger partial charge in [-0.1, -0.05) is 25.0 Å². The van der Waals surface area contributed by atoms with Crippen LogP contribution in [-0.2, 0) is 6.54 Å². The highest BCUT2D eigenvalue weighted by atomic mass is 127. The van der Waals surface area contributed by atoms with Gasteiger partial charge < -0.3 is 9.73 Å². The smallest absolute Gasteiger partial charge is 0.164 e. The van der Waals surface area contributed by atoms with E-state index in [1.165, 1.54) is 36.3 Å². The van der Waals surface area contributed by atoms with Gasteiger partial charge in [0.25, 0.3) is 0 Å². The first-order valence-electron chi connectivity index (χ1n) is 7.05. The van der Waals surface area contributed by atoms with E-state index in [-0.39, 0.29) is 0 Å². The van der Waals surface area contributed by atoms with Gasteiger partial charge in [0.2, 0.25) is 0 Å². The van der Waals surface area contributed by atoms with Crippen LogP contribution in [0.15, 0.2) is 45.7 Å². The number of hydrogen-bond donors (Lipinski definition) is 1. The molecule has 1 aromatic carbocycles. The molecule has 0 aliphatic heterocycles. The summed E-state index contributed by atoms with van der Waals surface area (Å²) >= 11 is 4.22. The fraction of sp³-hybridized carbons (Fsp3) is 0.375. The zero-order valence-electron chi connectivity index (χ0n) is 11.3. The largest absolute Gasteiger partial charge is 0.454 e. The Morgan fingerprint density at radius 3 is 2.70 bits per heavy atom. The van der Waals surface area contributed by atoms with Gasteiger partial charge in [-0.3, -0.25) is 0 Å². The number of hydrogen-bond acceptors (Lipinski definition) is 3. The Morgan fingerprint density at radius 1 is 1.15 bits per heavy atom. The van der Waals surface area contributed by atoms with Crippen molar-refractivity contribution in [1.29, 1.82) is 0 Å². The molecule has 1 N–H and O–H groups in total. The van der Waals surface area contributed by atoms with E-state index in [9.17, 15) is 0 Å². The van der Waals surface area contributed by atoms with Crippen molar-refractivity contribution in [3.8, 4) is 0 Å². The van der Waals surface area contributed by atoms with Crippen molar-refractivity contribution < 1.29 is 4.42 Å². The number of thioether (sulfide) groups is 1. The van der Waals surface area contributed by atoms with Gasteiger partial charge in [-0.2, -0.15) is 0 Å². The van der Waals surface area contributed by atoms with E-state index in [4.69, 9.17) is 4.42 Å². The van der Waals surface area contributed by atoms with Crippen LogP contribution in [0.5, 0.6) is 0 Å². The van der Waals surface area contributed by atoms with E-state index < -0.39 is 0 Å². The molecular formula is C16H18INOS. The van der Waals surface area contributed by atoms with Gasteiger partial charge >= 0.3 is 0 Å². The Hall–Kier alpha value is -0.620. The molecule has 20 heavy (non-hydrogen) atoms. The van der Waals surface area contributed by atoms with Crippen molar-refractivity contribution in [2.75, 3.05) is 5.32 Å². The Balaban J connectivity index is 1.65. The molecule has 1 aliphatic rings. The highest BCUT2D eigenvalue weighted by molar-refractivity contribution is 14.1. The number of halogens is 1. The number of rotatable bonds is 5. The molecule has 0 amide bonds. The maximum absolute atomic E-state index is 5.60. The normalized spacial score (nSPS) is 15.7. The lowest BCUT2D eigenvalue weighted by molar-refractivity contribution is 0.492. The summed E-state index contributed by atoms with van der Waals surface area (Å²) in [5.74, 6) is 0.982. The lowest BCUT2D eigenvalue weighted by Gasteiger charge is -2.14. The van der Waals surface area contributed by atoms with Crippen LogP contribution in [0.2, 0.25) is 0 Å².